The number of thioether (sulfide) groups is 1. The summed E-state index contributed by atoms with van der Waals surface area (Å²) in [6.07, 6.45) is 2.83. The van der Waals surface area contributed by atoms with Gasteiger partial charge in [0.15, 0.2) is 11.6 Å². The number of aryl methyl sites for hydroxylation is 1. The fourth-order valence-corrected chi connectivity index (χ4v) is 2.55. The molecule has 0 atom stereocenters. The lowest BCUT2D eigenvalue weighted by molar-refractivity contribution is 0.269. The van der Waals surface area contributed by atoms with Crippen molar-refractivity contribution in [1.82, 2.24) is 14.8 Å². The molecule has 0 amide bonds. The van der Waals surface area contributed by atoms with E-state index in [4.69, 9.17) is 16.3 Å². The molecule has 0 saturated heterocycles. The highest BCUT2D eigenvalue weighted by molar-refractivity contribution is 7.98. The van der Waals surface area contributed by atoms with Crippen molar-refractivity contribution >= 4 is 23.4 Å². The van der Waals surface area contributed by atoms with E-state index in [9.17, 15) is 5.11 Å². The average molecular weight is 328 g/mol. The molecule has 0 bridgehead atoms. The Morgan fingerprint density at radius 3 is 2.90 bits per heavy atom. The minimum atomic E-state index is 0.00120. The summed E-state index contributed by atoms with van der Waals surface area (Å²) in [4.78, 5) is 4.58. The van der Waals surface area contributed by atoms with Crippen molar-refractivity contribution in [1.29, 1.82) is 0 Å². The molecule has 2 rings (SSSR count). The third-order valence-corrected chi connectivity index (χ3v) is 3.81. The van der Waals surface area contributed by atoms with Crippen LogP contribution in [0.5, 0.6) is 5.75 Å². The van der Waals surface area contributed by atoms with Crippen LogP contribution in [0.1, 0.15) is 5.82 Å². The number of halogens is 1. The van der Waals surface area contributed by atoms with Crippen LogP contribution in [0.25, 0.3) is 11.4 Å². The Hall–Kier alpha value is -1.24. The highest BCUT2D eigenvalue weighted by Crippen LogP contribution is 2.31. The number of methoxy groups -OCH3 is 1. The first kappa shape index (κ1) is 16.1. The third kappa shape index (κ3) is 3.90. The molecule has 0 spiro atoms. The van der Waals surface area contributed by atoms with Crippen LogP contribution in [0.2, 0.25) is 5.02 Å². The number of benzene rings is 1. The Balaban J connectivity index is 2.45. The molecule has 0 aliphatic heterocycles. The van der Waals surface area contributed by atoms with Crippen LogP contribution in [-0.4, -0.2) is 45.6 Å². The van der Waals surface area contributed by atoms with Crippen LogP contribution in [0.3, 0.4) is 0 Å². The molecule has 114 valence electrons. The van der Waals surface area contributed by atoms with Crippen LogP contribution in [0, 0.1) is 0 Å². The number of hydrogen-bond donors (Lipinski definition) is 1. The molecular weight excluding hydrogens is 310 g/mol. The number of aliphatic hydroxyl groups excluding tert-OH is 1. The van der Waals surface area contributed by atoms with Gasteiger partial charge in [-0.15, -0.1) is 0 Å². The molecule has 0 radical (unpaired) electrons. The van der Waals surface area contributed by atoms with Gasteiger partial charge < -0.3 is 9.84 Å². The predicted molar refractivity (Wildman–Crippen MR) is 86.2 cm³/mol. The molecule has 2 aromatic rings. The molecule has 1 aromatic carbocycles. The van der Waals surface area contributed by atoms with E-state index in [1.165, 1.54) is 0 Å². The van der Waals surface area contributed by atoms with Gasteiger partial charge in [0.05, 0.1) is 25.8 Å². The van der Waals surface area contributed by atoms with Crippen molar-refractivity contribution in [3.05, 3.63) is 29.0 Å². The van der Waals surface area contributed by atoms with Gasteiger partial charge in [0.1, 0.15) is 5.75 Å². The van der Waals surface area contributed by atoms with E-state index >= 15 is 0 Å². The van der Waals surface area contributed by atoms with E-state index in [0.717, 1.165) is 23.6 Å². The number of hydrogen-bond acceptors (Lipinski definition) is 5. The van der Waals surface area contributed by atoms with E-state index in [1.54, 1.807) is 41.8 Å². The molecular formula is C14H18ClN3O2S. The standard InChI is InChI=1S/C14H18ClN3O2S/c1-20-12-4-3-10(15)9-11(12)14-16-13(5-8-21-2)17-18(14)6-7-19/h3-4,9,19H,5-8H2,1-2H3. The molecule has 0 aliphatic carbocycles. The summed E-state index contributed by atoms with van der Waals surface area (Å²) in [6.45, 7) is 0.387. The maximum Gasteiger partial charge on any atom is 0.162 e. The molecule has 1 aromatic heterocycles. The Kier molecular flexibility index (Phi) is 5.90. The zero-order chi connectivity index (χ0) is 15.2. The second-order valence-electron chi connectivity index (χ2n) is 4.39. The summed E-state index contributed by atoms with van der Waals surface area (Å²) in [7, 11) is 1.61. The van der Waals surface area contributed by atoms with Gasteiger partial charge >= 0.3 is 0 Å². The quantitative estimate of drug-likeness (QED) is 0.846. The number of rotatable bonds is 7. The topological polar surface area (TPSA) is 60.2 Å². The molecule has 5 nitrogen and oxygen atoms in total. The van der Waals surface area contributed by atoms with Crippen molar-refractivity contribution in [2.45, 2.75) is 13.0 Å². The molecule has 0 fully saturated rings. The first-order chi connectivity index (χ1) is 10.2. The van der Waals surface area contributed by atoms with Crippen LogP contribution in [-0.2, 0) is 13.0 Å². The average Bonchev–Trinajstić information content (AvgIpc) is 2.88. The minimum absolute atomic E-state index is 0.00120. The van der Waals surface area contributed by atoms with E-state index in [2.05, 4.69) is 10.1 Å². The van der Waals surface area contributed by atoms with E-state index < -0.39 is 0 Å². The summed E-state index contributed by atoms with van der Waals surface area (Å²) in [5, 5.41) is 14.3. The minimum Gasteiger partial charge on any atom is -0.496 e. The van der Waals surface area contributed by atoms with Gasteiger partial charge in [-0.2, -0.15) is 16.9 Å². The molecule has 7 heteroatoms. The fourth-order valence-electron chi connectivity index (χ4n) is 1.99. The Morgan fingerprint density at radius 2 is 2.24 bits per heavy atom. The largest absolute Gasteiger partial charge is 0.496 e. The van der Waals surface area contributed by atoms with Crippen molar-refractivity contribution in [3.8, 4) is 17.1 Å². The first-order valence-electron chi connectivity index (χ1n) is 6.57. The lowest BCUT2D eigenvalue weighted by Gasteiger charge is -2.09. The van der Waals surface area contributed by atoms with Crippen molar-refractivity contribution in [3.63, 3.8) is 0 Å². The first-order valence-corrected chi connectivity index (χ1v) is 8.34. The predicted octanol–water partition coefficient (Wildman–Crippen LogP) is 2.50. The lowest BCUT2D eigenvalue weighted by atomic mass is 10.2. The number of aromatic nitrogens is 3. The van der Waals surface area contributed by atoms with Crippen LogP contribution < -0.4 is 4.74 Å². The Bertz CT molecular complexity index is 604. The SMILES string of the molecule is COc1ccc(Cl)cc1-c1nc(CCSC)nn1CCO. The smallest absolute Gasteiger partial charge is 0.162 e. The lowest BCUT2D eigenvalue weighted by Crippen LogP contribution is -2.07. The van der Waals surface area contributed by atoms with E-state index in [0.29, 0.717) is 23.1 Å². The van der Waals surface area contributed by atoms with Crippen molar-refractivity contribution < 1.29 is 9.84 Å². The molecule has 1 N–H and O–H groups in total. The second-order valence-corrected chi connectivity index (χ2v) is 5.81. The van der Waals surface area contributed by atoms with Gasteiger partial charge in [-0.3, -0.25) is 0 Å². The summed E-state index contributed by atoms with van der Waals surface area (Å²) < 4.78 is 7.07. The summed E-state index contributed by atoms with van der Waals surface area (Å²) >= 11 is 7.82. The monoisotopic (exact) mass is 327 g/mol. The van der Waals surface area contributed by atoms with Gasteiger partial charge in [-0.1, -0.05) is 11.6 Å². The molecule has 21 heavy (non-hydrogen) atoms. The highest BCUT2D eigenvalue weighted by atomic mass is 35.5. The van der Waals surface area contributed by atoms with E-state index in [-0.39, 0.29) is 6.61 Å². The number of aliphatic hydroxyl groups is 1. The maximum absolute atomic E-state index is 9.21. The maximum atomic E-state index is 9.21. The van der Waals surface area contributed by atoms with Crippen LogP contribution in [0.15, 0.2) is 18.2 Å². The van der Waals surface area contributed by atoms with Crippen molar-refractivity contribution in [2.75, 3.05) is 25.7 Å². The summed E-state index contributed by atoms with van der Waals surface area (Å²) in [5.41, 5.74) is 0.779. The summed E-state index contributed by atoms with van der Waals surface area (Å²) in [6, 6.07) is 5.37. The molecule has 0 unspecified atom stereocenters. The molecule has 0 saturated carbocycles. The van der Waals surface area contributed by atoms with Gasteiger partial charge in [-0.05, 0) is 24.5 Å². The van der Waals surface area contributed by atoms with Gasteiger partial charge in [0.2, 0.25) is 0 Å². The van der Waals surface area contributed by atoms with Crippen LogP contribution >= 0.6 is 23.4 Å². The fraction of sp³-hybridized carbons (Fsp3) is 0.429. The van der Waals surface area contributed by atoms with Crippen molar-refractivity contribution in [2.24, 2.45) is 0 Å². The van der Waals surface area contributed by atoms with Crippen LogP contribution in [0.4, 0.5) is 0 Å². The van der Waals surface area contributed by atoms with Gasteiger partial charge in [0, 0.05) is 17.2 Å². The Morgan fingerprint density at radius 1 is 1.43 bits per heavy atom. The van der Waals surface area contributed by atoms with E-state index in [1.807, 2.05) is 6.26 Å². The molecule has 0 aliphatic rings. The molecule has 1 heterocycles. The highest BCUT2D eigenvalue weighted by Gasteiger charge is 2.16. The second kappa shape index (κ2) is 7.68. The zero-order valence-electron chi connectivity index (χ0n) is 12.0. The van der Waals surface area contributed by atoms with Gasteiger partial charge in [-0.25, -0.2) is 9.67 Å². The zero-order valence-corrected chi connectivity index (χ0v) is 13.6. The van der Waals surface area contributed by atoms with Gasteiger partial charge in [0.25, 0.3) is 0 Å². The number of nitrogens with zero attached hydrogens (tertiary/aromatic N) is 3. The number of ether oxygens (including phenoxy) is 1. The Labute approximate surface area is 133 Å². The summed E-state index contributed by atoms with van der Waals surface area (Å²) in [5.74, 6) is 3.06. The third-order valence-electron chi connectivity index (χ3n) is 2.96. The normalized spacial score (nSPS) is 10.9.